The van der Waals surface area contributed by atoms with Crippen LogP contribution in [-0.2, 0) is 10.1 Å². The molecule has 2 unspecified atom stereocenters. The molecule has 2 atom stereocenters. The minimum Gasteiger partial charge on any atom is -0.744 e. The molecule has 31 heavy (non-hydrogen) atoms. The molecule has 0 saturated carbocycles. The van der Waals surface area contributed by atoms with Crippen molar-refractivity contribution >= 4 is 10.1 Å². The van der Waals surface area contributed by atoms with Crippen molar-refractivity contribution < 1.29 is 105 Å². The summed E-state index contributed by atoms with van der Waals surface area (Å²) in [6.07, 6.45) is -33.9. The van der Waals surface area contributed by atoms with E-state index in [1.165, 1.54) is 0 Å². The molecular formula is C12H5F12NaO5S. The molecule has 0 aliphatic heterocycles. The van der Waals surface area contributed by atoms with Crippen LogP contribution in [0.1, 0.15) is 0 Å². The van der Waals surface area contributed by atoms with E-state index in [2.05, 4.69) is 9.47 Å². The molecule has 0 fully saturated rings. The van der Waals surface area contributed by atoms with Crippen molar-refractivity contribution in [2.75, 3.05) is 0 Å². The normalized spacial score (nSPS) is 15.6. The Hall–Kier alpha value is -1.11. The van der Waals surface area contributed by atoms with Crippen molar-refractivity contribution in [1.82, 2.24) is 0 Å². The number of hydrogen-bond donors (Lipinski definition) is 0. The van der Waals surface area contributed by atoms with Gasteiger partial charge in [0.2, 0.25) is 0 Å². The maximum Gasteiger partial charge on any atom is 1.00 e. The average molecular weight is 512 g/mol. The first-order valence-corrected chi connectivity index (χ1v) is 8.15. The quantitative estimate of drug-likeness (QED) is 0.314. The maximum atomic E-state index is 13.2. The van der Waals surface area contributed by atoms with Crippen LogP contribution < -0.4 is 39.0 Å². The molecule has 0 spiro atoms. The van der Waals surface area contributed by atoms with Gasteiger partial charge in [0.1, 0.15) is 26.5 Å². The Morgan fingerprint density at radius 1 is 0.774 bits per heavy atom. The predicted molar refractivity (Wildman–Crippen MR) is 67.5 cm³/mol. The summed E-state index contributed by atoms with van der Waals surface area (Å²) >= 11 is 0. The number of ether oxygens (including phenoxy) is 2. The first kappa shape index (κ1) is 29.9. The van der Waals surface area contributed by atoms with Gasteiger partial charge in [-0.15, -0.1) is 0 Å². The van der Waals surface area contributed by atoms with Crippen LogP contribution in [0.25, 0.3) is 0 Å². The van der Waals surface area contributed by atoms with Crippen LogP contribution in [0, 0.1) is 0 Å². The molecule has 0 saturated heterocycles. The molecule has 0 heterocycles. The van der Waals surface area contributed by atoms with Crippen LogP contribution in [0.4, 0.5) is 52.7 Å². The van der Waals surface area contributed by atoms with E-state index in [1.807, 2.05) is 0 Å². The molecule has 5 nitrogen and oxygen atoms in total. The Bertz CT molecular complexity index is 870. The SMILES string of the molecule is O=S(=O)([O-])c1cc(OC(F)(F)C(F)C(F)(F)F)ccc1OC(F)(F)C(F)C(F)(F)F.[Na+]. The molecule has 1 aromatic rings. The van der Waals surface area contributed by atoms with Crippen molar-refractivity contribution in [2.24, 2.45) is 0 Å². The molecule has 0 aliphatic rings. The van der Waals surface area contributed by atoms with Crippen LogP contribution in [0.5, 0.6) is 11.5 Å². The summed E-state index contributed by atoms with van der Waals surface area (Å²) in [6.45, 7) is 0. The van der Waals surface area contributed by atoms with Crippen LogP contribution in [0.2, 0.25) is 0 Å². The average Bonchev–Trinajstić information content (AvgIpc) is 2.51. The van der Waals surface area contributed by atoms with E-state index >= 15 is 0 Å². The molecule has 1 aromatic carbocycles. The summed E-state index contributed by atoms with van der Waals surface area (Å²) in [6, 6.07) is -0.780. The van der Waals surface area contributed by atoms with Gasteiger partial charge in [0.05, 0.1) is 0 Å². The summed E-state index contributed by atoms with van der Waals surface area (Å²) < 4.78 is 190. The Balaban J connectivity index is 0.00000900. The Labute approximate surface area is 186 Å². The number of benzene rings is 1. The minimum atomic E-state index is -6.22. The zero-order valence-corrected chi connectivity index (χ0v) is 17.2. The predicted octanol–water partition coefficient (Wildman–Crippen LogP) is 1.34. The smallest absolute Gasteiger partial charge is 0.744 e. The van der Waals surface area contributed by atoms with Crippen molar-refractivity contribution in [3.05, 3.63) is 18.2 Å². The first-order valence-electron chi connectivity index (χ1n) is 6.74. The van der Waals surface area contributed by atoms with Gasteiger partial charge in [-0.1, -0.05) is 0 Å². The Morgan fingerprint density at radius 2 is 1.16 bits per heavy atom. The van der Waals surface area contributed by atoms with Gasteiger partial charge in [-0.25, -0.2) is 17.2 Å². The molecule has 0 aliphatic carbocycles. The molecule has 0 N–H and O–H groups in total. The molecule has 0 amide bonds. The molecular weight excluding hydrogens is 507 g/mol. The Morgan fingerprint density at radius 3 is 1.52 bits per heavy atom. The number of rotatable bonds is 7. The van der Waals surface area contributed by atoms with Gasteiger partial charge in [0.15, 0.2) is 0 Å². The van der Waals surface area contributed by atoms with Gasteiger partial charge in [0.25, 0.3) is 12.3 Å². The van der Waals surface area contributed by atoms with Crippen LogP contribution in [0.3, 0.4) is 0 Å². The number of halogens is 12. The molecule has 0 aromatic heterocycles. The summed E-state index contributed by atoms with van der Waals surface area (Å²) in [5.41, 5.74) is 0. The standard InChI is InChI=1S/C12H6F12O5S.Na/c13-7(9(15,16)17)11(21,22)28-4-1-2-5(6(3-4)30(25,26)27)29-12(23,24)8(14)10(18,19)20;/h1-3,7-8H,(H,25,26,27);/q;+1/p-1. The van der Waals surface area contributed by atoms with E-state index in [9.17, 15) is 65.7 Å². The summed E-state index contributed by atoms with van der Waals surface area (Å²) in [5, 5.41) is 0. The van der Waals surface area contributed by atoms with Crippen molar-refractivity contribution in [2.45, 2.75) is 41.8 Å². The third kappa shape index (κ3) is 7.76. The van der Waals surface area contributed by atoms with Crippen molar-refractivity contribution in [3.63, 3.8) is 0 Å². The second kappa shape index (κ2) is 9.40. The van der Waals surface area contributed by atoms with Gasteiger partial charge in [-0.05, 0) is 12.1 Å². The fourth-order valence-electron chi connectivity index (χ4n) is 1.62. The second-order valence-corrected chi connectivity index (χ2v) is 6.55. The van der Waals surface area contributed by atoms with E-state index in [4.69, 9.17) is 0 Å². The van der Waals surface area contributed by atoms with Gasteiger partial charge in [-0.3, -0.25) is 0 Å². The molecule has 0 radical (unpaired) electrons. The van der Waals surface area contributed by atoms with E-state index < -0.39 is 69.5 Å². The van der Waals surface area contributed by atoms with E-state index in [0.29, 0.717) is 0 Å². The van der Waals surface area contributed by atoms with Crippen molar-refractivity contribution in [1.29, 1.82) is 0 Å². The van der Waals surface area contributed by atoms with Gasteiger partial charge >= 0.3 is 54.1 Å². The van der Waals surface area contributed by atoms with Gasteiger partial charge in [-0.2, -0.15) is 43.9 Å². The topological polar surface area (TPSA) is 75.7 Å². The molecule has 0 bridgehead atoms. The van der Waals surface area contributed by atoms with Crippen molar-refractivity contribution in [3.8, 4) is 11.5 Å². The summed E-state index contributed by atoms with van der Waals surface area (Å²) in [5.74, 6) is -3.71. The zero-order chi connectivity index (χ0) is 23.9. The third-order valence-electron chi connectivity index (χ3n) is 2.85. The minimum absolute atomic E-state index is 0. The van der Waals surface area contributed by atoms with E-state index in [-0.39, 0.29) is 41.7 Å². The van der Waals surface area contributed by atoms with Gasteiger partial charge in [0, 0.05) is 6.07 Å². The number of alkyl halides is 12. The summed E-state index contributed by atoms with van der Waals surface area (Å²) in [4.78, 5) is -2.15. The fraction of sp³-hybridized carbons (Fsp3) is 0.500. The third-order valence-corrected chi connectivity index (χ3v) is 3.71. The monoisotopic (exact) mass is 512 g/mol. The van der Waals surface area contributed by atoms with Crippen LogP contribution >= 0.6 is 0 Å². The largest absolute Gasteiger partial charge is 1.00 e. The summed E-state index contributed by atoms with van der Waals surface area (Å²) in [7, 11) is -6.05. The van der Waals surface area contributed by atoms with E-state index in [0.717, 1.165) is 0 Å². The van der Waals surface area contributed by atoms with Crippen LogP contribution in [-0.4, -0.2) is 49.9 Å². The first-order chi connectivity index (χ1) is 13.1. The second-order valence-electron chi connectivity index (χ2n) is 5.20. The zero-order valence-electron chi connectivity index (χ0n) is 14.4. The Kier molecular flexibility index (Phi) is 9.07. The van der Waals surface area contributed by atoms with Gasteiger partial charge < -0.3 is 14.0 Å². The fourth-order valence-corrected chi connectivity index (χ4v) is 2.24. The molecule has 19 heteroatoms. The maximum absolute atomic E-state index is 13.2. The van der Waals surface area contributed by atoms with E-state index in [1.54, 1.807) is 0 Å². The number of hydrogen-bond acceptors (Lipinski definition) is 5. The molecule has 1 rings (SSSR count). The van der Waals surface area contributed by atoms with Crippen LogP contribution in [0.15, 0.2) is 23.1 Å². The molecule has 174 valence electrons.